The summed E-state index contributed by atoms with van der Waals surface area (Å²) in [5.41, 5.74) is 2.91. The molecule has 3 rings (SSSR count). The van der Waals surface area contributed by atoms with Crippen LogP contribution in [0.2, 0.25) is 5.02 Å². The number of anilines is 1. The number of hydrogen-bond acceptors (Lipinski definition) is 5. The van der Waals surface area contributed by atoms with E-state index < -0.39 is 0 Å². The maximum Gasteiger partial charge on any atom is 0.112 e. The lowest BCUT2D eigenvalue weighted by molar-refractivity contribution is 1.10. The zero-order chi connectivity index (χ0) is 12.5. The van der Waals surface area contributed by atoms with Crippen LogP contribution >= 0.6 is 46.7 Å². The molecule has 7 heteroatoms. The van der Waals surface area contributed by atoms with Gasteiger partial charge in [0.05, 0.1) is 22.0 Å². The van der Waals surface area contributed by atoms with E-state index >= 15 is 0 Å². The van der Waals surface area contributed by atoms with Gasteiger partial charge >= 0.3 is 0 Å². The number of pyridine rings is 1. The van der Waals surface area contributed by atoms with Gasteiger partial charge in [0.2, 0.25) is 0 Å². The van der Waals surface area contributed by atoms with Crippen molar-refractivity contribution in [3.8, 4) is 0 Å². The van der Waals surface area contributed by atoms with E-state index in [1.165, 1.54) is 0 Å². The van der Waals surface area contributed by atoms with Crippen molar-refractivity contribution in [2.45, 2.75) is 13.5 Å². The Morgan fingerprint density at radius 3 is 2.95 bits per heavy atom. The average molecular weight is 332 g/mol. The SMILES string of the molecule is Cc1cc(NCc2nccs2)c2scc(Cl)c2n1.Cl. The molecule has 100 valence electrons. The van der Waals surface area contributed by atoms with Gasteiger partial charge in [-0.3, -0.25) is 4.98 Å². The standard InChI is InChI=1S/C12H10ClN3S2.ClH/c1-7-4-9(15-5-10-14-2-3-17-10)12-11(16-7)8(13)6-18-12;/h2-4,6H,5H2,1H3,(H,15,16);1H. The van der Waals surface area contributed by atoms with E-state index in [1.54, 1.807) is 22.7 Å². The minimum Gasteiger partial charge on any atom is -0.377 e. The molecular weight excluding hydrogens is 321 g/mol. The van der Waals surface area contributed by atoms with Gasteiger partial charge < -0.3 is 5.32 Å². The highest BCUT2D eigenvalue weighted by Gasteiger charge is 2.09. The summed E-state index contributed by atoms with van der Waals surface area (Å²) in [4.78, 5) is 8.72. The summed E-state index contributed by atoms with van der Waals surface area (Å²) >= 11 is 9.38. The second kappa shape index (κ2) is 6.05. The van der Waals surface area contributed by atoms with E-state index in [0.717, 1.165) is 38.2 Å². The Kier molecular flexibility index (Phi) is 4.62. The van der Waals surface area contributed by atoms with Gasteiger partial charge in [-0.15, -0.1) is 35.1 Å². The monoisotopic (exact) mass is 331 g/mol. The molecule has 3 aromatic rings. The summed E-state index contributed by atoms with van der Waals surface area (Å²) in [6.45, 7) is 2.70. The number of rotatable bonds is 3. The van der Waals surface area contributed by atoms with Crippen LogP contribution in [0.4, 0.5) is 5.69 Å². The number of hydrogen-bond donors (Lipinski definition) is 1. The van der Waals surface area contributed by atoms with Crippen LogP contribution < -0.4 is 5.32 Å². The van der Waals surface area contributed by atoms with Gasteiger partial charge in [-0.2, -0.15) is 0 Å². The maximum absolute atomic E-state index is 6.13. The van der Waals surface area contributed by atoms with E-state index in [4.69, 9.17) is 11.6 Å². The van der Waals surface area contributed by atoms with Crippen molar-refractivity contribution >= 4 is 62.6 Å². The van der Waals surface area contributed by atoms with Gasteiger partial charge in [-0.25, -0.2) is 4.98 Å². The molecule has 3 aromatic heterocycles. The predicted molar refractivity (Wildman–Crippen MR) is 86.1 cm³/mol. The second-order valence-corrected chi connectivity index (χ2v) is 6.12. The maximum atomic E-state index is 6.13. The molecule has 0 aliphatic carbocycles. The number of halogens is 2. The molecule has 0 unspecified atom stereocenters. The molecule has 1 N–H and O–H groups in total. The van der Waals surface area contributed by atoms with E-state index in [9.17, 15) is 0 Å². The lowest BCUT2D eigenvalue weighted by atomic mass is 10.3. The van der Waals surface area contributed by atoms with Crippen LogP contribution in [-0.2, 0) is 6.54 Å². The first-order valence-corrected chi connectivity index (χ1v) is 7.54. The number of nitrogens with one attached hydrogen (secondary N) is 1. The van der Waals surface area contributed by atoms with Crippen molar-refractivity contribution in [3.05, 3.63) is 38.7 Å². The molecule has 19 heavy (non-hydrogen) atoms. The number of nitrogens with zero attached hydrogens (tertiary/aromatic N) is 2. The summed E-state index contributed by atoms with van der Waals surface area (Å²) in [6, 6.07) is 2.04. The van der Waals surface area contributed by atoms with Crippen LogP contribution in [0.3, 0.4) is 0 Å². The van der Waals surface area contributed by atoms with Crippen molar-refractivity contribution in [2.75, 3.05) is 5.32 Å². The molecule has 0 fully saturated rings. The molecule has 0 aliphatic rings. The minimum atomic E-state index is 0. The first kappa shape index (κ1) is 14.5. The first-order valence-electron chi connectivity index (χ1n) is 5.40. The van der Waals surface area contributed by atoms with Crippen LogP contribution in [0.15, 0.2) is 23.0 Å². The van der Waals surface area contributed by atoms with Crippen molar-refractivity contribution < 1.29 is 0 Å². The van der Waals surface area contributed by atoms with Gasteiger partial charge in [0.15, 0.2) is 0 Å². The quantitative estimate of drug-likeness (QED) is 0.752. The Morgan fingerprint density at radius 2 is 2.21 bits per heavy atom. The number of aryl methyl sites for hydroxylation is 1. The fourth-order valence-electron chi connectivity index (χ4n) is 1.75. The van der Waals surface area contributed by atoms with Crippen molar-refractivity contribution in [2.24, 2.45) is 0 Å². The van der Waals surface area contributed by atoms with Crippen LogP contribution in [0.25, 0.3) is 10.2 Å². The number of thiazole rings is 1. The number of fused-ring (bicyclic) bond motifs is 1. The number of aromatic nitrogens is 2. The van der Waals surface area contributed by atoms with Gasteiger partial charge in [0.25, 0.3) is 0 Å². The second-order valence-electron chi connectivity index (χ2n) is 3.85. The molecule has 0 bridgehead atoms. The Morgan fingerprint density at radius 1 is 1.37 bits per heavy atom. The normalized spacial score (nSPS) is 10.4. The van der Waals surface area contributed by atoms with Gasteiger partial charge in [-0.1, -0.05) is 11.6 Å². The Hall–Kier alpha value is -0.880. The average Bonchev–Trinajstić information content (AvgIpc) is 2.97. The lowest BCUT2D eigenvalue weighted by Gasteiger charge is -2.06. The highest BCUT2D eigenvalue weighted by molar-refractivity contribution is 7.18. The Bertz CT molecular complexity index is 680. The van der Waals surface area contributed by atoms with Crippen LogP contribution in [-0.4, -0.2) is 9.97 Å². The van der Waals surface area contributed by atoms with E-state index in [0.29, 0.717) is 0 Å². The molecule has 0 aliphatic heterocycles. The topological polar surface area (TPSA) is 37.8 Å². The van der Waals surface area contributed by atoms with Crippen LogP contribution in [0.5, 0.6) is 0 Å². The smallest absolute Gasteiger partial charge is 0.112 e. The highest BCUT2D eigenvalue weighted by atomic mass is 35.5. The zero-order valence-corrected chi connectivity index (χ0v) is 13.2. The third-order valence-corrected chi connectivity index (χ3v) is 4.72. The molecule has 0 radical (unpaired) electrons. The third-order valence-electron chi connectivity index (χ3n) is 2.52. The van der Waals surface area contributed by atoms with Crippen LogP contribution in [0, 0.1) is 6.92 Å². The largest absolute Gasteiger partial charge is 0.377 e. The van der Waals surface area contributed by atoms with Crippen molar-refractivity contribution in [3.63, 3.8) is 0 Å². The lowest BCUT2D eigenvalue weighted by Crippen LogP contribution is -1.99. The fourth-order valence-corrected chi connectivity index (χ4v) is 3.49. The molecule has 0 saturated heterocycles. The van der Waals surface area contributed by atoms with Crippen molar-refractivity contribution in [1.82, 2.24) is 9.97 Å². The fraction of sp³-hybridized carbons (Fsp3) is 0.167. The van der Waals surface area contributed by atoms with Gasteiger partial charge in [0, 0.05) is 22.7 Å². The van der Waals surface area contributed by atoms with E-state index in [1.807, 2.05) is 29.9 Å². The molecule has 3 nitrogen and oxygen atoms in total. The molecule has 0 aromatic carbocycles. The molecule has 0 saturated carbocycles. The number of thiophene rings is 1. The van der Waals surface area contributed by atoms with E-state index in [-0.39, 0.29) is 12.4 Å². The molecule has 3 heterocycles. The molecule has 0 atom stereocenters. The summed E-state index contributed by atoms with van der Waals surface area (Å²) in [5.74, 6) is 0. The van der Waals surface area contributed by atoms with Crippen LogP contribution in [0.1, 0.15) is 10.7 Å². The molecule has 0 spiro atoms. The summed E-state index contributed by atoms with van der Waals surface area (Å²) in [7, 11) is 0. The van der Waals surface area contributed by atoms with Gasteiger partial charge in [0.1, 0.15) is 10.5 Å². The highest BCUT2D eigenvalue weighted by Crippen LogP contribution is 2.34. The molecular formula is C12H11Cl2N3S2. The zero-order valence-electron chi connectivity index (χ0n) is 10.0. The summed E-state index contributed by atoms with van der Waals surface area (Å²) in [6.07, 6.45) is 1.82. The Balaban J connectivity index is 0.00000133. The van der Waals surface area contributed by atoms with Gasteiger partial charge in [-0.05, 0) is 13.0 Å². The Labute approximate surface area is 130 Å². The summed E-state index contributed by atoms with van der Waals surface area (Å²) < 4.78 is 1.10. The van der Waals surface area contributed by atoms with Crippen molar-refractivity contribution in [1.29, 1.82) is 0 Å². The van der Waals surface area contributed by atoms with E-state index in [2.05, 4.69) is 15.3 Å². The first-order chi connectivity index (χ1) is 8.74. The summed E-state index contributed by atoms with van der Waals surface area (Å²) in [5, 5.41) is 9.09. The minimum absolute atomic E-state index is 0. The third kappa shape index (κ3) is 3.00. The predicted octanol–water partition coefficient (Wildman–Crippen LogP) is 4.75. The molecule has 0 amide bonds.